The highest BCUT2D eigenvalue weighted by Gasteiger charge is 2.47. The molecule has 0 aliphatic carbocycles. The molecule has 5 atom stereocenters. The van der Waals surface area contributed by atoms with Crippen LogP contribution in [-0.4, -0.2) is 54.6 Å². The number of hydrogen-bond acceptors (Lipinski definition) is 5. The summed E-state index contributed by atoms with van der Waals surface area (Å²) in [4.78, 5) is 0. The van der Waals surface area contributed by atoms with Gasteiger partial charge in [-0.25, -0.2) is 0 Å². The van der Waals surface area contributed by atoms with Crippen molar-refractivity contribution in [2.45, 2.75) is 63.0 Å². The molecular weight excluding hydrogens is 224 g/mol. The van der Waals surface area contributed by atoms with E-state index in [1.165, 1.54) is 0 Å². The molecule has 0 spiro atoms. The molecule has 0 saturated carbocycles. The smallest absolute Gasteiger partial charge is 0.163 e. The lowest BCUT2D eigenvalue weighted by atomic mass is 9.92. The van der Waals surface area contributed by atoms with Crippen molar-refractivity contribution in [1.29, 1.82) is 0 Å². The summed E-state index contributed by atoms with van der Waals surface area (Å²) in [6.45, 7) is 4.79. The lowest BCUT2D eigenvalue weighted by Gasteiger charge is -2.49. The number of aliphatic hydroxyl groups excluding tert-OH is 1. The van der Waals surface area contributed by atoms with Gasteiger partial charge in [-0.05, 0) is 13.8 Å². The Bertz CT molecular complexity index is 293. The highest BCUT2D eigenvalue weighted by molar-refractivity contribution is 4.92. The highest BCUT2D eigenvalue weighted by Crippen LogP contribution is 2.35. The van der Waals surface area contributed by atoms with Gasteiger partial charge in [0.15, 0.2) is 5.79 Å². The number of aliphatic hydroxyl groups is 1. The quantitative estimate of drug-likeness (QED) is 0.670. The van der Waals surface area contributed by atoms with Crippen molar-refractivity contribution in [1.82, 2.24) is 0 Å². The zero-order valence-electron chi connectivity index (χ0n) is 10.3. The van der Waals surface area contributed by atoms with Gasteiger partial charge >= 0.3 is 0 Å². The molecule has 3 aliphatic rings. The van der Waals surface area contributed by atoms with E-state index < -0.39 is 11.9 Å². The summed E-state index contributed by atoms with van der Waals surface area (Å²) in [5, 5.41) is 9.56. The van der Waals surface area contributed by atoms with Crippen molar-refractivity contribution in [3.63, 3.8) is 0 Å². The molecular formula is C12H20O5. The predicted molar refractivity (Wildman–Crippen MR) is 58.5 cm³/mol. The molecule has 0 aromatic carbocycles. The summed E-state index contributed by atoms with van der Waals surface area (Å²) in [7, 11) is 0. The van der Waals surface area contributed by atoms with Crippen molar-refractivity contribution in [2.24, 2.45) is 0 Å². The molecule has 3 heterocycles. The molecule has 17 heavy (non-hydrogen) atoms. The van der Waals surface area contributed by atoms with E-state index >= 15 is 0 Å². The van der Waals surface area contributed by atoms with Gasteiger partial charge in [-0.15, -0.1) is 0 Å². The summed E-state index contributed by atoms with van der Waals surface area (Å²) in [5.74, 6) is -0.536. The lowest BCUT2D eigenvalue weighted by molar-refractivity contribution is -0.344. The minimum absolute atomic E-state index is 0.0200. The van der Waals surface area contributed by atoms with Crippen molar-refractivity contribution in [3.8, 4) is 0 Å². The van der Waals surface area contributed by atoms with E-state index in [4.69, 9.17) is 18.9 Å². The molecule has 0 radical (unpaired) electrons. The molecule has 1 N–H and O–H groups in total. The van der Waals surface area contributed by atoms with E-state index in [2.05, 4.69) is 0 Å². The first-order chi connectivity index (χ1) is 8.03. The average molecular weight is 244 g/mol. The van der Waals surface area contributed by atoms with E-state index in [1.807, 2.05) is 13.8 Å². The Labute approximate surface area is 101 Å². The Morgan fingerprint density at radius 1 is 1.00 bits per heavy atom. The van der Waals surface area contributed by atoms with Crippen LogP contribution in [0.1, 0.15) is 26.7 Å². The van der Waals surface area contributed by atoms with Crippen LogP contribution in [0.3, 0.4) is 0 Å². The Morgan fingerprint density at radius 3 is 2.65 bits per heavy atom. The summed E-state index contributed by atoms with van der Waals surface area (Å²) < 4.78 is 23.0. The van der Waals surface area contributed by atoms with Crippen molar-refractivity contribution < 1.29 is 24.1 Å². The number of rotatable bonds is 0. The average Bonchev–Trinajstić information content (AvgIpc) is 2.26. The van der Waals surface area contributed by atoms with E-state index in [-0.39, 0.29) is 24.4 Å². The van der Waals surface area contributed by atoms with Crippen LogP contribution in [0.5, 0.6) is 0 Å². The fourth-order valence-electron chi connectivity index (χ4n) is 2.84. The van der Waals surface area contributed by atoms with Crippen LogP contribution in [-0.2, 0) is 18.9 Å². The largest absolute Gasteiger partial charge is 0.391 e. The van der Waals surface area contributed by atoms with Crippen LogP contribution in [0.25, 0.3) is 0 Å². The van der Waals surface area contributed by atoms with Crippen molar-refractivity contribution in [3.05, 3.63) is 0 Å². The van der Waals surface area contributed by atoms with Gasteiger partial charge in [-0.1, -0.05) is 0 Å². The van der Waals surface area contributed by atoms with Gasteiger partial charge in [-0.3, -0.25) is 0 Å². The Hall–Kier alpha value is -0.200. The molecule has 3 fully saturated rings. The van der Waals surface area contributed by atoms with Crippen LogP contribution in [0.15, 0.2) is 0 Å². The van der Waals surface area contributed by atoms with Gasteiger partial charge in [0.05, 0.1) is 37.6 Å². The topological polar surface area (TPSA) is 57.2 Å². The maximum absolute atomic E-state index is 9.56. The summed E-state index contributed by atoms with van der Waals surface area (Å²) in [6.07, 6.45) is 1.11. The summed E-state index contributed by atoms with van der Waals surface area (Å²) >= 11 is 0. The van der Waals surface area contributed by atoms with Gasteiger partial charge in [0, 0.05) is 12.8 Å². The fourth-order valence-corrected chi connectivity index (χ4v) is 2.84. The van der Waals surface area contributed by atoms with Crippen LogP contribution in [0.4, 0.5) is 0 Å². The third kappa shape index (κ3) is 2.35. The molecule has 0 aromatic rings. The molecule has 5 nitrogen and oxygen atoms in total. The normalized spacial score (nSPS) is 49.2. The molecule has 0 amide bonds. The second kappa shape index (κ2) is 4.17. The Morgan fingerprint density at radius 2 is 1.82 bits per heavy atom. The van der Waals surface area contributed by atoms with Crippen molar-refractivity contribution >= 4 is 0 Å². The monoisotopic (exact) mass is 244 g/mol. The lowest BCUT2D eigenvalue weighted by Crippen LogP contribution is -2.59. The molecule has 5 heteroatoms. The zero-order valence-corrected chi connectivity index (χ0v) is 10.3. The zero-order chi connectivity index (χ0) is 12.0. The van der Waals surface area contributed by atoms with Gasteiger partial charge in [0.2, 0.25) is 0 Å². The fraction of sp³-hybridized carbons (Fsp3) is 1.00. The number of hydrogen-bond donors (Lipinski definition) is 1. The second-order valence-corrected chi connectivity index (χ2v) is 5.58. The summed E-state index contributed by atoms with van der Waals surface area (Å²) in [5.41, 5.74) is 0. The Kier molecular flexibility index (Phi) is 2.91. The van der Waals surface area contributed by atoms with Crippen LogP contribution < -0.4 is 0 Å². The van der Waals surface area contributed by atoms with Crippen molar-refractivity contribution in [2.75, 3.05) is 13.2 Å². The molecule has 3 rings (SSSR count). The maximum atomic E-state index is 9.56. The van der Waals surface area contributed by atoms with Gasteiger partial charge in [0.25, 0.3) is 0 Å². The van der Waals surface area contributed by atoms with E-state index in [9.17, 15) is 5.11 Å². The van der Waals surface area contributed by atoms with Crippen LogP contribution >= 0.6 is 0 Å². The van der Waals surface area contributed by atoms with E-state index in [0.717, 1.165) is 6.42 Å². The molecule has 0 unspecified atom stereocenters. The molecule has 3 aliphatic heterocycles. The SMILES string of the molecule is CC1(C)OC[C@H]2O[C@H]3C[C@@H](O)CO[C@H]3C[C@H]2O1. The predicted octanol–water partition coefficient (Wildman–Crippen LogP) is 0.445. The molecule has 98 valence electrons. The molecule has 0 aromatic heterocycles. The first kappa shape index (κ1) is 11.9. The number of fused-ring (bicyclic) bond motifs is 2. The summed E-state index contributed by atoms with van der Waals surface area (Å²) in [6, 6.07) is 0. The second-order valence-electron chi connectivity index (χ2n) is 5.58. The van der Waals surface area contributed by atoms with E-state index in [0.29, 0.717) is 19.6 Å². The third-order valence-corrected chi connectivity index (χ3v) is 3.68. The third-order valence-electron chi connectivity index (χ3n) is 3.68. The molecule has 0 bridgehead atoms. The first-order valence-corrected chi connectivity index (χ1v) is 6.30. The van der Waals surface area contributed by atoms with Crippen LogP contribution in [0, 0.1) is 0 Å². The van der Waals surface area contributed by atoms with Crippen LogP contribution in [0.2, 0.25) is 0 Å². The highest BCUT2D eigenvalue weighted by atomic mass is 16.7. The molecule has 3 saturated heterocycles. The van der Waals surface area contributed by atoms with E-state index in [1.54, 1.807) is 0 Å². The van der Waals surface area contributed by atoms with Gasteiger partial charge < -0.3 is 24.1 Å². The standard InChI is InChI=1S/C12H20O5/c1-12(2)15-6-11-10(17-12)4-8-9(16-11)3-7(13)5-14-8/h7-11,13H,3-6H2,1-2H3/t7-,8+,9+,10-,11-/m1/s1. The first-order valence-electron chi connectivity index (χ1n) is 6.30. The van der Waals surface area contributed by atoms with Gasteiger partial charge in [-0.2, -0.15) is 0 Å². The Balaban J connectivity index is 1.68. The maximum Gasteiger partial charge on any atom is 0.163 e. The minimum Gasteiger partial charge on any atom is -0.391 e. The minimum atomic E-state index is -0.536. The van der Waals surface area contributed by atoms with Gasteiger partial charge in [0.1, 0.15) is 6.10 Å². The number of ether oxygens (including phenoxy) is 4.